The molecule has 3 N–H and O–H groups in total. The molecule has 0 aromatic heterocycles. The Morgan fingerprint density at radius 2 is 2.05 bits per heavy atom. The second-order valence-electron chi connectivity index (χ2n) is 5.61. The van der Waals surface area contributed by atoms with Crippen LogP contribution >= 0.6 is 0 Å². The summed E-state index contributed by atoms with van der Waals surface area (Å²) in [4.78, 5) is 23.3. The number of carbonyl (C=O) groups is 2. The van der Waals surface area contributed by atoms with Crippen LogP contribution in [0.25, 0.3) is 0 Å². The fourth-order valence-corrected chi connectivity index (χ4v) is 2.63. The molecule has 1 saturated carbocycles. The number of amides is 1. The van der Waals surface area contributed by atoms with Crippen molar-refractivity contribution < 1.29 is 14.7 Å². The van der Waals surface area contributed by atoms with Gasteiger partial charge in [-0.05, 0) is 43.7 Å². The summed E-state index contributed by atoms with van der Waals surface area (Å²) in [5, 5.41) is 15.0. The Morgan fingerprint density at radius 1 is 1.33 bits per heavy atom. The third kappa shape index (κ3) is 3.24. The highest BCUT2D eigenvalue weighted by Crippen LogP contribution is 2.31. The number of para-hydroxylation sites is 1. The number of carboxylic acid groups (broad SMARTS) is 1. The molecule has 2 rings (SSSR count). The van der Waals surface area contributed by atoms with Crippen molar-refractivity contribution in [3.8, 4) is 0 Å². The lowest BCUT2D eigenvalue weighted by atomic mass is 9.77. The molecule has 1 aromatic rings. The Kier molecular flexibility index (Phi) is 4.63. The lowest BCUT2D eigenvalue weighted by Crippen LogP contribution is -2.58. The van der Waals surface area contributed by atoms with Crippen molar-refractivity contribution in [1.82, 2.24) is 5.32 Å². The Bertz CT molecular complexity index is 550. The van der Waals surface area contributed by atoms with Crippen molar-refractivity contribution >= 4 is 17.6 Å². The van der Waals surface area contributed by atoms with Gasteiger partial charge in [0.1, 0.15) is 5.54 Å². The molecule has 1 aliphatic rings. The van der Waals surface area contributed by atoms with E-state index >= 15 is 0 Å². The van der Waals surface area contributed by atoms with Gasteiger partial charge in [0.25, 0.3) is 0 Å². The Hall–Kier alpha value is -1.88. The molecular weight excluding hydrogens is 268 g/mol. The number of hydrogen-bond acceptors (Lipinski definition) is 3. The maximum absolute atomic E-state index is 12.1. The van der Waals surface area contributed by atoms with Crippen LogP contribution in [0, 0.1) is 6.92 Å². The van der Waals surface area contributed by atoms with Crippen molar-refractivity contribution in [3.05, 3.63) is 29.3 Å². The molecule has 1 aromatic carbocycles. The molecule has 1 fully saturated rings. The van der Waals surface area contributed by atoms with Gasteiger partial charge >= 0.3 is 5.97 Å². The molecule has 0 spiro atoms. The van der Waals surface area contributed by atoms with Crippen LogP contribution in [0.15, 0.2) is 18.2 Å². The standard InChI is InChI=1S/C16H22N2O3/c1-3-12-7-4-6-11(2)14(12)18-13(19)10-17-16(15(20)21)8-5-9-16/h4,6-7,17H,3,5,8-10H2,1-2H3,(H,18,19)(H,20,21). The summed E-state index contributed by atoms with van der Waals surface area (Å²) in [6, 6.07) is 5.91. The van der Waals surface area contributed by atoms with E-state index in [0.29, 0.717) is 12.8 Å². The molecule has 1 amide bonds. The molecule has 1 aliphatic carbocycles. The van der Waals surface area contributed by atoms with Crippen LogP contribution in [0.1, 0.15) is 37.3 Å². The number of benzene rings is 1. The molecule has 0 saturated heterocycles. The summed E-state index contributed by atoms with van der Waals surface area (Å²) < 4.78 is 0. The van der Waals surface area contributed by atoms with E-state index in [1.165, 1.54) is 0 Å². The van der Waals surface area contributed by atoms with Crippen molar-refractivity contribution in [2.75, 3.05) is 11.9 Å². The Balaban J connectivity index is 1.98. The third-order valence-corrected chi connectivity index (χ3v) is 4.21. The minimum Gasteiger partial charge on any atom is -0.480 e. The zero-order valence-electron chi connectivity index (χ0n) is 12.5. The van der Waals surface area contributed by atoms with Gasteiger partial charge in [-0.3, -0.25) is 14.9 Å². The van der Waals surface area contributed by atoms with Gasteiger partial charge in [0, 0.05) is 5.69 Å². The molecule has 21 heavy (non-hydrogen) atoms. The van der Waals surface area contributed by atoms with E-state index in [1.807, 2.05) is 32.0 Å². The van der Waals surface area contributed by atoms with Crippen molar-refractivity contribution in [1.29, 1.82) is 0 Å². The summed E-state index contributed by atoms with van der Waals surface area (Å²) in [5.74, 6) is -1.07. The SMILES string of the molecule is CCc1cccc(C)c1NC(=O)CNC1(C(=O)O)CCC1. The number of aryl methyl sites for hydroxylation is 2. The van der Waals surface area contributed by atoms with Crippen LogP contribution in [-0.2, 0) is 16.0 Å². The molecular formula is C16H22N2O3. The van der Waals surface area contributed by atoms with Gasteiger partial charge in [-0.1, -0.05) is 25.1 Å². The smallest absolute Gasteiger partial charge is 0.323 e. The van der Waals surface area contributed by atoms with Crippen molar-refractivity contribution in [2.24, 2.45) is 0 Å². The maximum atomic E-state index is 12.1. The Labute approximate surface area is 124 Å². The molecule has 0 bridgehead atoms. The second-order valence-corrected chi connectivity index (χ2v) is 5.61. The second kappa shape index (κ2) is 6.26. The van der Waals surface area contributed by atoms with Crippen molar-refractivity contribution in [3.63, 3.8) is 0 Å². The summed E-state index contributed by atoms with van der Waals surface area (Å²) in [5.41, 5.74) is 2.03. The van der Waals surface area contributed by atoms with E-state index in [1.54, 1.807) is 0 Å². The number of anilines is 1. The van der Waals surface area contributed by atoms with E-state index in [9.17, 15) is 14.7 Å². The summed E-state index contributed by atoms with van der Waals surface area (Å²) in [6.45, 7) is 4.01. The van der Waals surface area contributed by atoms with Gasteiger partial charge in [-0.25, -0.2) is 0 Å². The van der Waals surface area contributed by atoms with Crippen LogP contribution in [0.5, 0.6) is 0 Å². The largest absolute Gasteiger partial charge is 0.480 e. The summed E-state index contributed by atoms with van der Waals surface area (Å²) in [7, 11) is 0. The van der Waals surface area contributed by atoms with Crippen LogP contribution < -0.4 is 10.6 Å². The first kappa shape index (κ1) is 15.5. The van der Waals surface area contributed by atoms with Gasteiger partial charge in [-0.15, -0.1) is 0 Å². The van der Waals surface area contributed by atoms with Crippen LogP contribution in [0.3, 0.4) is 0 Å². The molecule has 0 radical (unpaired) electrons. The predicted octanol–water partition coefficient (Wildman–Crippen LogP) is 2.09. The monoisotopic (exact) mass is 290 g/mol. The molecule has 0 heterocycles. The van der Waals surface area contributed by atoms with E-state index in [-0.39, 0.29) is 12.5 Å². The predicted molar refractivity (Wildman–Crippen MR) is 81.4 cm³/mol. The molecule has 0 unspecified atom stereocenters. The summed E-state index contributed by atoms with van der Waals surface area (Å²) >= 11 is 0. The fourth-order valence-electron chi connectivity index (χ4n) is 2.63. The number of carboxylic acids is 1. The van der Waals surface area contributed by atoms with E-state index in [0.717, 1.165) is 29.7 Å². The zero-order chi connectivity index (χ0) is 15.5. The molecule has 5 nitrogen and oxygen atoms in total. The van der Waals surface area contributed by atoms with Gasteiger partial charge in [0.15, 0.2) is 0 Å². The lowest BCUT2D eigenvalue weighted by molar-refractivity contribution is -0.148. The van der Waals surface area contributed by atoms with Gasteiger partial charge in [-0.2, -0.15) is 0 Å². The van der Waals surface area contributed by atoms with E-state index in [4.69, 9.17) is 0 Å². The van der Waals surface area contributed by atoms with Gasteiger partial charge in [0.05, 0.1) is 6.54 Å². The van der Waals surface area contributed by atoms with Gasteiger partial charge < -0.3 is 10.4 Å². The Morgan fingerprint density at radius 3 is 2.57 bits per heavy atom. The number of rotatable bonds is 6. The van der Waals surface area contributed by atoms with Gasteiger partial charge in [0.2, 0.25) is 5.91 Å². The van der Waals surface area contributed by atoms with E-state index in [2.05, 4.69) is 10.6 Å². The normalized spacial score (nSPS) is 16.1. The molecule has 0 atom stereocenters. The van der Waals surface area contributed by atoms with Crippen molar-refractivity contribution in [2.45, 2.75) is 45.1 Å². The van der Waals surface area contributed by atoms with Crippen LogP contribution in [0.2, 0.25) is 0 Å². The van der Waals surface area contributed by atoms with Crippen LogP contribution in [0.4, 0.5) is 5.69 Å². The number of nitrogens with one attached hydrogen (secondary N) is 2. The first-order valence-corrected chi connectivity index (χ1v) is 7.35. The number of hydrogen-bond donors (Lipinski definition) is 3. The minimum absolute atomic E-state index is 0.0176. The fraction of sp³-hybridized carbons (Fsp3) is 0.500. The third-order valence-electron chi connectivity index (χ3n) is 4.21. The van der Waals surface area contributed by atoms with E-state index < -0.39 is 11.5 Å². The zero-order valence-corrected chi connectivity index (χ0v) is 12.5. The maximum Gasteiger partial charge on any atom is 0.323 e. The number of carbonyl (C=O) groups excluding carboxylic acids is 1. The highest BCUT2D eigenvalue weighted by Gasteiger charge is 2.44. The molecule has 0 aliphatic heterocycles. The topological polar surface area (TPSA) is 78.4 Å². The minimum atomic E-state index is -0.906. The average molecular weight is 290 g/mol. The first-order valence-electron chi connectivity index (χ1n) is 7.35. The highest BCUT2D eigenvalue weighted by molar-refractivity contribution is 5.94. The highest BCUT2D eigenvalue weighted by atomic mass is 16.4. The quantitative estimate of drug-likeness (QED) is 0.749. The first-order chi connectivity index (χ1) is 9.98. The van der Waals surface area contributed by atoms with Crippen LogP contribution in [-0.4, -0.2) is 29.1 Å². The number of aliphatic carboxylic acids is 1. The molecule has 114 valence electrons. The lowest BCUT2D eigenvalue weighted by Gasteiger charge is -2.38. The molecule has 5 heteroatoms. The average Bonchev–Trinajstić information content (AvgIpc) is 2.39. The summed E-state index contributed by atoms with van der Waals surface area (Å²) in [6.07, 6.45) is 2.89.